The Bertz CT molecular complexity index is 745. The number of hydrogen-bond donors (Lipinski definition) is 2. The minimum Gasteiger partial charge on any atom is -0.398 e. The molecule has 2 aromatic rings. The van der Waals surface area contributed by atoms with Crippen LogP contribution in [-0.4, -0.2) is 18.4 Å². The number of benzene rings is 2. The normalized spacial score (nSPS) is 13.6. The van der Waals surface area contributed by atoms with Gasteiger partial charge in [0.15, 0.2) is 0 Å². The number of hydrogen-bond acceptors (Lipinski definition) is 3. The standard InChI is InChI=1S/C15H12ClN3O2/c16-14-9(4-3-5-10(14)17)15(21)19-8-13(20)18-11-6-1-2-7-12(11)19/h1-7H,8,17H2,(H,18,20). The number of carbonyl (C=O) groups excluding carboxylic acids is 2. The third-order valence-electron chi connectivity index (χ3n) is 3.27. The highest BCUT2D eigenvalue weighted by Crippen LogP contribution is 2.32. The molecule has 106 valence electrons. The molecule has 3 N–H and O–H groups in total. The molecule has 0 fully saturated rings. The van der Waals surface area contributed by atoms with E-state index < -0.39 is 0 Å². The van der Waals surface area contributed by atoms with Gasteiger partial charge in [0.2, 0.25) is 5.91 Å². The van der Waals surface area contributed by atoms with Crippen molar-refractivity contribution in [3.8, 4) is 0 Å². The van der Waals surface area contributed by atoms with Crippen LogP contribution in [0.4, 0.5) is 17.1 Å². The van der Waals surface area contributed by atoms with Crippen LogP contribution in [-0.2, 0) is 4.79 Å². The second-order valence-corrected chi connectivity index (χ2v) is 5.04. The van der Waals surface area contributed by atoms with Gasteiger partial charge in [0, 0.05) is 0 Å². The molecule has 0 unspecified atom stereocenters. The van der Waals surface area contributed by atoms with Crippen LogP contribution in [0.25, 0.3) is 0 Å². The molecule has 0 aliphatic carbocycles. The number of nitrogens with two attached hydrogens (primary N) is 1. The molecule has 0 radical (unpaired) electrons. The van der Waals surface area contributed by atoms with E-state index in [1.54, 1.807) is 42.5 Å². The zero-order chi connectivity index (χ0) is 15.0. The van der Waals surface area contributed by atoms with Gasteiger partial charge in [-0.25, -0.2) is 0 Å². The Balaban J connectivity index is 2.06. The van der Waals surface area contributed by atoms with E-state index in [4.69, 9.17) is 17.3 Å². The summed E-state index contributed by atoms with van der Waals surface area (Å²) in [5, 5.41) is 2.93. The molecule has 0 spiro atoms. The van der Waals surface area contributed by atoms with Gasteiger partial charge < -0.3 is 11.1 Å². The van der Waals surface area contributed by atoms with Gasteiger partial charge in [-0.15, -0.1) is 0 Å². The van der Waals surface area contributed by atoms with E-state index in [9.17, 15) is 9.59 Å². The maximum Gasteiger partial charge on any atom is 0.260 e. The largest absolute Gasteiger partial charge is 0.398 e. The van der Waals surface area contributed by atoms with Crippen molar-refractivity contribution in [1.29, 1.82) is 0 Å². The van der Waals surface area contributed by atoms with Crippen LogP contribution in [0.15, 0.2) is 42.5 Å². The van der Waals surface area contributed by atoms with Crippen LogP contribution in [0.5, 0.6) is 0 Å². The van der Waals surface area contributed by atoms with Gasteiger partial charge in [-0.05, 0) is 24.3 Å². The molecule has 0 aromatic heterocycles. The molecular weight excluding hydrogens is 290 g/mol. The first-order valence-corrected chi connectivity index (χ1v) is 6.70. The van der Waals surface area contributed by atoms with E-state index in [0.29, 0.717) is 17.1 Å². The average molecular weight is 302 g/mol. The Morgan fingerprint density at radius 3 is 2.76 bits per heavy atom. The van der Waals surface area contributed by atoms with Gasteiger partial charge in [0.25, 0.3) is 5.91 Å². The number of amides is 2. The summed E-state index contributed by atoms with van der Waals surface area (Å²) in [7, 11) is 0. The molecule has 0 bridgehead atoms. The summed E-state index contributed by atoms with van der Waals surface area (Å²) in [5.41, 5.74) is 7.58. The first-order valence-electron chi connectivity index (χ1n) is 6.32. The molecular formula is C15H12ClN3O2. The Kier molecular flexibility index (Phi) is 3.27. The van der Waals surface area contributed by atoms with E-state index in [2.05, 4.69) is 5.32 Å². The molecule has 0 saturated heterocycles. The Morgan fingerprint density at radius 2 is 1.95 bits per heavy atom. The van der Waals surface area contributed by atoms with Crippen molar-refractivity contribution in [3.63, 3.8) is 0 Å². The first kappa shape index (κ1) is 13.5. The van der Waals surface area contributed by atoms with E-state index in [1.165, 1.54) is 4.90 Å². The lowest BCUT2D eigenvalue weighted by Crippen LogP contribution is -2.42. The minimum atomic E-state index is -0.352. The lowest BCUT2D eigenvalue weighted by Gasteiger charge is -2.29. The number of anilines is 3. The maximum absolute atomic E-state index is 12.7. The average Bonchev–Trinajstić information content (AvgIpc) is 2.48. The smallest absolute Gasteiger partial charge is 0.260 e. The quantitative estimate of drug-likeness (QED) is 0.795. The first-order chi connectivity index (χ1) is 10.1. The number of nitrogens with one attached hydrogen (secondary N) is 1. The molecule has 21 heavy (non-hydrogen) atoms. The van der Waals surface area contributed by atoms with Crippen LogP contribution in [0.2, 0.25) is 5.02 Å². The third-order valence-corrected chi connectivity index (χ3v) is 3.70. The van der Waals surface area contributed by atoms with E-state index in [-0.39, 0.29) is 28.9 Å². The van der Waals surface area contributed by atoms with Gasteiger partial charge in [-0.1, -0.05) is 29.8 Å². The number of fused-ring (bicyclic) bond motifs is 1. The van der Waals surface area contributed by atoms with Crippen molar-refractivity contribution in [3.05, 3.63) is 53.1 Å². The minimum absolute atomic E-state index is 0.0546. The highest BCUT2D eigenvalue weighted by molar-refractivity contribution is 6.37. The van der Waals surface area contributed by atoms with Gasteiger partial charge >= 0.3 is 0 Å². The molecule has 0 atom stereocenters. The number of carbonyl (C=O) groups is 2. The summed E-state index contributed by atoms with van der Waals surface area (Å²) in [4.78, 5) is 25.8. The fourth-order valence-electron chi connectivity index (χ4n) is 2.27. The molecule has 6 heteroatoms. The van der Waals surface area contributed by atoms with Crippen molar-refractivity contribution in [2.45, 2.75) is 0 Å². The molecule has 1 aliphatic rings. The predicted octanol–water partition coefficient (Wildman–Crippen LogP) is 2.52. The molecule has 0 saturated carbocycles. The Labute approximate surface area is 126 Å². The molecule has 1 heterocycles. The van der Waals surface area contributed by atoms with Crippen LogP contribution in [0.3, 0.4) is 0 Å². The zero-order valence-electron chi connectivity index (χ0n) is 11.0. The molecule has 1 aliphatic heterocycles. The number of rotatable bonds is 1. The summed E-state index contributed by atoms with van der Waals surface area (Å²) in [6, 6.07) is 12.0. The zero-order valence-corrected chi connectivity index (χ0v) is 11.7. The molecule has 5 nitrogen and oxygen atoms in total. The van der Waals surface area contributed by atoms with E-state index in [1.807, 2.05) is 0 Å². The highest BCUT2D eigenvalue weighted by atomic mass is 35.5. The Hall–Kier alpha value is -2.53. The van der Waals surface area contributed by atoms with Crippen LogP contribution in [0, 0.1) is 0 Å². The van der Waals surface area contributed by atoms with Crippen LogP contribution in [0.1, 0.15) is 10.4 Å². The molecule has 3 rings (SSSR count). The van der Waals surface area contributed by atoms with E-state index >= 15 is 0 Å². The summed E-state index contributed by atoms with van der Waals surface area (Å²) < 4.78 is 0. The van der Waals surface area contributed by atoms with Gasteiger partial charge in [0.05, 0.1) is 27.6 Å². The number of halogens is 1. The monoisotopic (exact) mass is 301 g/mol. The van der Waals surface area contributed by atoms with Gasteiger partial charge in [-0.3, -0.25) is 14.5 Å². The number of para-hydroxylation sites is 2. The van der Waals surface area contributed by atoms with Crippen molar-refractivity contribution in [1.82, 2.24) is 0 Å². The van der Waals surface area contributed by atoms with Crippen molar-refractivity contribution in [2.75, 3.05) is 22.5 Å². The van der Waals surface area contributed by atoms with Crippen molar-refractivity contribution in [2.24, 2.45) is 0 Å². The second-order valence-electron chi connectivity index (χ2n) is 4.67. The summed E-state index contributed by atoms with van der Waals surface area (Å²) in [6.07, 6.45) is 0. The third kappa shape index (κ3) is 2.32. The fourth-order valence-corrected chi connectivity index (χ4v) is 2.48. The van der Waals surface area contributed by atoms with Crippen LogP contribution < -0.4 is 16.0 Å². The summed E-state index contributed by atoms with van der Waals surface area (Å²) >= 11 is 6.10. The van der Waals surface area contributed by atoms with Crippen molar-refractivity contribution < 1.29 is 9.59 Å². The molecule has 2 amide bonds. The summed E-state index contributed by atoms with van der Waals surface area (Å²) in [6.45, 7) is -0.0546. The SMILES string of the molecule is Nc1cccc(C(=O)N2CC(=O)Nc3ccccc32)c1Cl. The van der Waals surface area contributed by atoms with Gasteiger partial charge in [0.1, 0.15) is 6.54 Å². The lowest BCUT2D eigenvalue weighted by atomic mass is 10.1. The van der Waals surface area contributed by atoms with Crippen LogP contribution >= 0.6 is 11.6 Å². The fraction of sp³-hybridized carbons (Fsp3) is 0.0667. The molecule has 2 aromatic carbocycles. The maximum atomic E-state index is 12.7. The summed E-state index contributed by atoms with van der Waals surface area (Å²) in [5.74, 6) is -0.600. The Morgan fingerprint density at radius 1 is 1.19 bits per heavy atom. The van der Waals surface area contributed by atoms with E-state index in [0.717, 1.165) is 0 Å². The number of nitrogen functional groups attached to an aromatic ring is 1. The van der Waals surface area contributed by atoms with Crippen molar-refractivity contribution >= 4 is 40.5 Å². The number of nitrogens with zero attached hydrogens (tertiary/aromatic N) is 1. The lowest BCUT2D eigenvalue weighted by molar-refractivity contribution is -0.115. The second kappa shape index (κ2) is 5.10. The predicted molar refractivity (Wildman–Crippen MR) is 82.6 cm³/mol. The topological polar surface area (TPSA) is 75.4 Å². The van der Waals surface area contributed by atoms with Gasteiger partial charge in [-0.2, -0.15) is 0 Å². The highest BCUT2D eigenvalue weighted by Gasteiger charge is 2.28.